The van der Waals surface area contributed by atoms with Gasteiger partial charge in [-0.15, -0.1) is 11.3 Å². The summed E-state index contributed by atoms with van der Waals surface area (Å²) in [6, 6.07) is 7.21. The number of rotatable bonds is 6. The predicted octanol–water partition coefficient (Wildman–Crippen LogP) is 3.20. The second kappa shape index (κ2) is 7.73. The standard InChI is InChI=1S/C16H20N2O4S/c1-4-11-8-14(15(17)23-11)22-16(19)18-9-10-5-6-12(20-2)13(7-10)21-3/h5-8H,4,9,17H2,1-3H3,(H,18,19). The van der Waals surface area contributed by atoms with Crippen molar-refractivity contribution in [3.63, 3.8) is 0 Å². The first-order valence-electron chi connectivity index (χ1n) is 7.12. The van der Waals surface area contributed by atoms with Gasteiger partial charge in [-0.2, -0.15) is 0 Å². The first-order chi connectivity index (χ1) is 11.1. The summed E-state index contributed by atoms with van der Waals surface area (Å²) in [5.41, 5.74) is 6.69. The van der Waals surface area contributed by atoms with Crippen molar-refractivity contribution in [3.05, 3.63) is 34.7 Å². The molecule has 2 aromatic rings. The van der Waals surface area contributed by atoms with E-state index in [0.29, 0.717) is 28.8 Å². The molecule has 2 rings (SSSR count). The molecule has 6 nitrogen and oxygen atoms in total. The molecular weight excluding hydrogens is 316 g/mol. The minimum atomic E-state index is -0.549. The summed E-state index contributed by atoms with van der Waals surface area (Å²) in [4.78, 5) is 12.9. The summed E-state index contributed by atoms with van der Waals surface area (Å²) in [7, 11) is 3.14. The number of benzene rings is 1. The first kappa shape index (κ1) is 17.0. The van der Waals surface area contributed by atoms with Crippen molar-refractivity contribution in [1.82, 2.24) is 5.32 Å². The van der Waals surface area contributed by atoms with Crippen LogP contribution in [0.3, 0.4) is 0 Å². The van der Waals surface area contributed by atoms with Crippen LogP contribution in [0.2, 0.25) is 0 Å². The summed E-state index contributed by atoms with van der Waals surface area (Å²) >= 11 is 1.42. The Kier molecular flexibility index (Phi) is 5.70. The predicted molar refractivity (Wildman–Crippen MR) is 90.5 cm³/mol. The van der Waals surface area contributed by atoms with E-state index in [2.05, 4.69) is 5.32 Å². The fourth-order valence-corrected chi connectivity index (χ4v) is 2.79. The van der Waals surface area contributed by atoms with Crippen molar-refractivity contribution in [1.29, 1.82) is 0 Å². The molecule has 0 saturated carbocycles. The SMILES string of the molecule is CCc1cc(OC(=O)NCc2ccc(OC)c(OC)c2)c(N)s1. The van der Waals surface area contributed by atoms with E-state index in [0.717, 1.165) is 16.9 Å². The Morgan fingerprint density at radius 3 is 2.52 bits per heavy atom. The molecule has 0 radical (unpaired) electrons. The Bertz CT molecular complexity index is 685. The zero-order valence-electron chi connectivity index (χ0n) is 13.3. The number of carbonyl (C=O) groups excluding carboxylic acids is 1. The number of methoxy groups -OCH3 is 2. The van der Waals surface area contributed by atoms with Crippen molar-refractivity contribution >= 4 is 22.4 Å². The number of nitrogens with one attached hydrogen (secondary N) is 1. The van der Waals surface area contributed by atoms with Crippen LogP contribution in [0.5, 0.6) is 17.2 Å². The van der Waals surface area contributed by atoms with Gasteiger partial charge in [0.1, 0.15) is 5.00 Å². The van der Waals surface area contributed by atoms with Gasteiger partial charge in [0, 0.05) is 11.4 Å². The van der Waals surface area contributed by atoms with Crippen molar-refractivity contribution in [2.75, 3.05) is 20.0 Å². The quantitative estimate of drug-likeness (QED) is 0.846. The van der Waals surface area contributed by atoms with Gasteiger partial charge in [-0.05, 0) is 30.2 Å². The summed E-state index contributed by atoms with van der Waals surface area (Å²) in [5.74, 6) is 1.64. The summed E-state index contributed by atoms with van der Waals surface area (Å²) in [5, 5.41) is 3.19. The highest BCUT2D eigenvalue weighted by Crippen LogP contribution is 2.32. The molecule has 3 N–H and O–H groups in total. The van der Waals surface area contributed by atoms with Crippen LogP contribution in [-0.2, 0) is 13.0 Å². The molecule has 0 aliphatic heterocycles. The van der Waals surface area contributed by atoms with Gasteiger partial charge in [-0.3, -0.25) is 0 Å². The van der Waals surface area contributed by atoms with Crippen LogP contribution in [0.1, 0.15) is 17.4 Å². The van der Waals surface area contributed by atoms with E-state index in [-0.39, 0.29) is 0 Å². The number of amides is 1. The van der Waals surface area contributed by atoms with E-state index < -0.39 is 6.09 Å². The average molecular weight is 336 g/mol. The third kappa shape index (κ3) is 4.29. The second-order valence-electron chi connectivity index (χ2n) is 4.73. The lowest BCUT2D eigenvalue weighted by atomic mass is 10.2. The number of thiophene rings is 1. The normalized spacial score (nSPS) is 10.2. The Morgan fingerprint density at radius 2 is 1.91 bits per heavy atom. The van der Waals surface area contributed by atoms with Crippen LogP contribution in [0.4, 0.5) is 9.80 Å². The molecule has 1 aromatic carbocycles. The topological polar surface area (TPSA) is 82.8 Å². The number of hydrogen-bond donors (Lipinski definition) is 2. The van der Waals surface area contributed by atoms with Gasteiger partial charge in [0.25, 0.3) is 0 Å². The Balaban J connectivity index is 1.95. The van der Waals surface area contributed by atoms with Crippen molar-refractivity contribution in [2.24, 2.45) is 0 Å². The molecule has 0 bridgehead atoms. The third-order valence-corrected chi connectivity index (χ3v) is 4.30. The van der Waals surface area contributed by atoms with Crippen LogP contribution >= 0.6 is 11.3 Å². The number of hydrogen-bond acceptors (Lipinski definition) is 6. The molecule has 7 heteroatoms. The lowest BCUT2D eigenvalue weighted by Gasteiger charge is -2.10. The maximum Gasteiger partial charge on any atom is 0.412 e. The van der Waals surface area contributed by atoms with Gasteiger partial charge in [0.05, 0.1) is 14.2 Å². The highest BCUT2D eigenvalue weighted by molar-refractivity contribution is 7.16. The number of nitrogens with two attached hydrogens (primary N) is 1. The monoisotopic (exact) mass is 336 g/mol. The maximum atomic E-state index is 11.9. The van der Waals surface area contributed by atoms with Crippen LogP contribution < -0.4 is 25.3 Å². The Hall–Kier alpha value is -2.41. The molecule has 1 amide bonds. The number of nitrogen functional groups attached to an aromatic ring is 1. The van der Waals surface area contributed by atoms with E-state index in [1.54, 1.807) is 32.4 Å². The minimum Gasteiger partial charge on any atom is -0.493 e. The molecule has 0 fully saturated rings. The Labute approximate surface area is 139 Å². The summed E-state index contributed by atoms with van der Waals surface area (Å²) in [6.45, 7) is 2.33. The van der Waals surface area contributed by atoms with E-state index in [4.69, 9.17) is 19.9 Å². The first-order valence-corrected chi connectivity index (χ1v) is 7.93. The van der Waals surface area contributed by atoms with Gasteiger partial charge in [0.15, 0.2) is 17.2 Å². The fourth-order valence-electron chi connectivity index (χ4n) is 1.99. The van der Waals surface area contributed by atoms with Crippen LogP contribution in [0, 0.1) is 0 Å². The molecule has 0 saturated heterocycles. The lowest BCUT2D eigenvalue weighted by molar-refractivity contribution is 0.200. The van der Waals surface area contributed by atoms with E-state index in [9.17, 15) is 4.79 Å². The van der Waals surface area contributed by atoms with Gasteiger partial charge in [-0.25, -0.2) is 4.79 Å². The van der Waals surface area contributed by atoms with Gasteiger partial charge >= 0.3 is 6.09 Å². The zero-order chi connectivity index (χ0) is 16.8. The largest absolute Gasteiger partial charge is 0.493 e. The molecule has 124 valence electrons. The fraction of sp³-hybridized carbons (Fsp3) is 0.312. The highest BCUT2D eigenvalue weighted by atomic mass is 32.1. The molecule has 0 spiro atoms. The van der Waals surface area contributed by atoms with E-state index >= 15 is 0 Å². The average Bonchev–Trinajstić information content (AvgIpc) is 2.92. The maximum absolute atomic E-state index is 11.9. The van der Waals surface area contributed by atoms with Crippen LogP contribution in [0.25, 0.3) is 0 Å². The summed E-state index contributed by atoms with van der Waals surface area (Å²) < 4.78 is 15.6. The van der Waals surface area contributed by atoms with Gasteiger partial charge < -0.3 is 25.3 Å². The number of ether oxygens (including phenoxy) is 3. The van der Waals surface area contributed by atoms with Crippen molar-refractivity contribution in [3.8, 4) is 17.2 Å². The molecule has 0 aliphatic carbocycles. The van der Waals surface area contributed by atoms with Crippen LogP contribution in [0.15, 0.2) is 24.3 Å². The summed E-state index contributed by atoms with van der Waals surface area (Å²) in [6.07, 6.45) is 0.304. The van der Waals surface area contributed by atoms with Gasteiger partial charge in [-0.1, -0.05) is 13.0 Å². The second-order valence-corrected chi connectivity index (χ2v) is 5.90. The molecule has 0 unspecified atom stereocenters. The smallest absolute Gasteiger partial charge is 0.412 e. The van der Waals surface area contributed by atoms with Crippen molar-refractivity contribution in [2.45, 2.75) is 19.9 Å². The molecule has 1 heterocycles. The zero-order valence-corrected chi connectivity index (χ0v) is 14.2. The lowest BCUT2D eigenvalue weighted by Crippen LogP contribution is -2.26. The molecule has 1 aromatic heterocycles. The third-order valence-electron chi connectivity index (χ3n) is 3.21. The number of carbonyl (C=O) groups is 1. The van der Waals surface area contributed by atoms with Crippen LogP contribution in [-0.4, -0.2) is 20.3 Å². The Morgan fingerprint density at radius 1 is 1.17 bits per heavy atom. The number of anilines is 1. The van der Waals surface area contributed by atoms with Gasteiger partial charge in [0.2, 0.25) is 0 Å². The molecule has 23 heavy (non-hydrogen) atoms. The van der Waals surface area contributed by atoms with E-state index in [1.165, 1.54) is 11.3 Å². The number of aryl methyl sites for hydroxylation is 1. The van der Waals surface area contributed by atoms with E-state index in [1.807, 2.05) is 13.0 Å². The minimum absolute atomic E-state index is 0.309. The molecule has 0 aliphatic rings. The molecule has 0 atom stereocenters. The highest BCUT2D eigenvalue weighted by Gasteiger charge is 2.12. The van der Waals surface area contributed by atoms with Crippen molar-refractivity contribution < 1.29 is 19.0 Å². The molecular formula is C16H20N2O4S.